The van der Waals surface area contributed by atoms with Crippen LogP contribution in [0.15, 0.2) is 89.0 Å². The molecule has 1 aliphatic rings. The molecule has 5 aromatic rings. The van der Waals surface area contributed by atoms with Crippen LogP contribution in [0.3, 0.4) is 0 Å². The van der Waals surface area contributed by atoms with Gasteiger partial charge in [-0.15, -0.1) is 0 Å². The molecule has 0 spiro atoms. The van der Waals surface area contributed by atoms with E-state index in [0.717, 1.165) is 21.9 Å². The smallest absolute Gasteiger partial charge is 0.321 e. The number of hydrogen-bond acceptors (Lipinski definition) is 4. The fraction of sp³-hybridized carbons (Fsp3) is 0.270. The van der Waals surface area contributed by atoms with Crippen LogP contribution in [-0.4, -0.2) is 38.1 Å². The summed E-state index contributed by atoms with van der Waals surface area (Å²) in [5.74, 6) is 0.0867. The summed E-state index contributed by atoms with van der Waals surface area (Å²) < 4.78 is 3.08. The maximum atomic E-state index is 14.3. The normalized spacial score (nSPS) is 13.6. The number of halogens is 1. The first-order valence-corrected chi connectivity index (χ1v) is 15.6. The minimum Gasteiger partial charge on any atom is -0.508 e. The van der Waals surface area contributed by atoms with Crippen LogP contribution in [0.5, 0.6) is 5.75 Å². The van der Waals surface area contributed by atoms with E-state index in [1.54, 1.807) is 27.7 Å². The van der Waals surface area contributed by atoms with Gasteiger partial charge in [-0.2, -0.15) is 0 Å². The van der Waals surface area contributed by atoms with Crippen LogP contribution in [0.1, 0.15) is 50.7 Å². The molecule has 0 saturated carbocycles. The van der Waals surface area contributed by atoms with E-state index in [0.29, 0.717) is 46.0 Å². The molecule has 6 rings (SSSR count). The molecule has 1 fully saturated rings. The van der Waals surface area contributed by atoms with Crippen molar-refractivity contribution in [3.05, 3.63) is 116 Å². The Balaban J connectivity index is 1.69. The number of rotatable bonds is 7. The van der Waals surface area contributed by atoms with E-state index in [2.05, 4.69) is 34.3 Å². The number of hydrogen-bond donors (Lipinski definition) is 1. The van der Waals surface area contributed by atoms with E-state index in [4.69, 9.17) is 11.6 Å². The number of fused-ring (bicyclic) bond motifs is 2. The monoisotopic (exact) mass is 621 g/mol. The van der Waals surface area contributed by atoms with Crippen LogP contribution in [0.25, 0.3) is 38.6 Å². The van der Waals surface area contributed by atoms with E-state index < -0.39 is 11.1 Å². The SMILES string of the molecule is C=CC(=O)N1CC(Cn2c(=O)c(=O)n(-c3c(C(C)C)cccc3C(C)C)c3cc(-c4cc(O)cc5ccccc45)c(Cl)cc32)C1. The van der Waals surface area contributed by atoms with Gasteiger partial charge in [0.25, 0.3) is 0 Å². The predicted molar refractivity (Wildman–Crippen MR) is 182 cm³/mol. The summed E-state index contributed by atoms with van der Waals surface area (Å²) in [5, 5.41) is 12.8. The van der Waals surface area contributed by atoms with Crippen molar-refractivity contribution in [2.24, 2.45) is 5.92 Å². The highest BCUT2D eigenvalue weighted by molar-refractivity contribution is 6.34. The zero-order valence-electron chi connectivity index (χ0n) is 25.9. The fourth-order valence-corrected chi connectivity index (χ4v) is 6.79. The maximum Gasteiger partial charge on any atom is 0.321 e. The van der Waals surface area contributed by atoms with E-state index >= 15 is 0 Å². The molecule has 0 bridgehead atoms. The van der Waals surface area contributed by atoms with E-state index in [9.17, 15) is 19.5 Å². The Hall–Kier alpha value is -4.62. The summed E-state index contributed by atoms with van der Waals surface area (Å²) >= 11 is 7.04. The number of phenols is 1. The lowest BCUT2D eigenvalue weighted by Gasteiger charge is -2.39. The summed E-state index contributed by atoms with van der Waals surface area (Å²) in [6.45, 7) is 13.1. The minimum absolute atomic E-state index is 0.00677. The van der Waals surface area contributed by atoms with Gasteiger partial charge in [-0.1, -0.05) is 88.3 Å². The number of carbonyl (C=O) groups is 1. The Kier molecular flexibility index (Phi) is 7.91. The number of carbonyl (C=O) groups excluding carboxylic acids is 1. The topological polar surface area (TPSA) is 84.5 Å². The van der Waals surface area contributed by atoms with Gasteiger partial charge in [-0.25, -0.2) is 0 Å². The lowest BCUT2D eigenvalue weighted by atomic mass is 9.92. The van der Waals surface area contributed by atoms with Crippen LogP contribution in [0.4, 0.5) is 0 Å². The largest absolute Gasteiger partial charge is 0.508 e. The highest BCUT2D eigenvalue weighted by Crippen LogP contribution is 2.40. The molecule has 230 valence electrons. The molecule has 1 N–H and O–H groups in total. The average Bonchev–Trinajstić information content (AvgIpc) is 2.99. The molecule has 0 atom stereocenters. The van der Waals surface area contributed by atoms with Gasteiger partial charge in [-0.3, -0.25) is 19.0 Å². The second kappa shape index (κ2) is 11.7. The first kappa shape index (κ1) is 30.4. The van der Waals surface area contributed by atoms with Crippen LogP contribution in [0, 0.1) is 5.92 Å². The van der Waals surface area contributed by atoms with Crippen LogP contribution in [0.2, 0.25) is 5.02 Å². The molecule has 1 amide bonds. The molecule has 1 saturated heterocycles. The Morgan fingerprint density at radius 2 is 1.58 bits per heavy atom. The van der Waals surface area contributed by atoms with Crippen LogP contribution < -0.4 is 11.1 Å². The first-order chi connectivity index (χ1) is 21.5. The summed E-state index contributed by atoms with van der Waals surface area (Å²) in [5.41, 5.74) is 3.75. The Morgan fingerprint density at radius 1 is 0.911 bits per heavy atom. The van der Waals surface area contributed by atoms with Crippen molar-refractivity contribution in [1.29, 1.82) is 0 Å². The Morgan fingerprint density at radius 3 is 2.22 bits per heavy atom. The van der Waals surface area contributed by atoms with Gasteiger partial charge < -0.3 is 14.6 Å². The highest BCUT2D eigenvalue weighted by Gasteiger charge is 2.31. The number of phenolic OH excluding ortho intramolecular Hbond substituents is 1. The van der Waals surface area contributed by atoms with Crippen molar-refractivity contribution in [3.63, 3.8) is 0 Å². The molecule has 0 aliphatic carbocycles. The third-order valence-corrected chi connectivity index (χ3v) is 9.13. The molecular formula is C37H36ClN3O4. The molecule has 7 nitrogen and oxygen atoms in total. The summed E-state index contributed by atoms with van der Waals surface area (Å²) in [4.78, 5) is 42.1. The third kappa shape index (κ3) is 5.25. The van der Waals surface area contributed by atoms with Gasteiger partial charge in [0.1, 0.15) is 5.75 Å². The van der Waals surface area contributed by atoms with Gasteiger partial charge in [0, 0.05) is 31.1 Å². The molecule has 8 heteroatoms. The maximum absolute atomic E-state index is 14.3. The van der Waals surface area contributed by atoms with Crippen molar-refractivity contribution in [2.45, 2.75) is 46.1 Å². The molecule has 1 aromatic heterocycles. The Labute approximate surface area is 266 Å². The van der Waals surface area contributed by atoms with Crippen LogP contribution >= 0.6 is 11.6 Å². The van der Waals surface area contributed by atoms with Gasteiger partial charge >= 0.3 is 11.1 Å². The number of aromatic hydroxyl groups is 1. The number of likely N-dealkylation sites (tertiary alicyclic amines) is 1. The number of aromatic nitrogens is 2. The van der Waals surface area contributed by atoms with Gasteiger partial charge in [0.2, 0.25) is 5.91 Å². The van der Waals surface area contributed by atoms with E-state index in [1.807, 2.05) is 48.5 Å². The second-order valence-corrected chi connectivity index (χ2v) is 12.9. The quantitative estimate of drug-likeness (QED) is 0.154. The molecule has 45 heavy (non-hydrogen) atoms. The van der Waals surface area contributed by atoms with Crippen molar-refractivity contribution < 1.29 is 9.90 Å². The molecule has 4 aromatic carbocycles. The summed E-state index contributed by atoms with van der Waals surface area (Å²) in [6.07, 6.45) is 1.28. The molecular weight excluding hydrogens is 586 g/mol. The minimum atomic E-state index is -0.648. The fourth-order valence-electron chi connectivity index (χ4n) is 6.53. The molecule has 1 aliphatic heterocycles. The number of benzene rings is 4. The second-order valence-electron chi connectivity index (χ2n) is 12.5. The van der Waals surface area contributed by atoms with Gasteiger partial charge in [-0.05, 0) is 69.6 Å². The lowest BCUT2D eigenvalue weighted by Crippen LogP contribution is -2.52. The first-order valence-electron chi connectivity index (χ1n) is 15.3. The zero-order chi connectivity index (χ0) is 32.2. The van der Waals surface area contributed by atoms with Crippen molar-refractivity contribution in [2.75, 3.05) is 13.1 Å². The van der Waals surface area contributed by atoms with Gasteiger partial charge in [0.15, 0.2) is 0 Å². The summed E-state index contributed by atoms with van der Waals surface area (Å²) in [6, 6.07) is 20.7. The lowest BCUT2D eigenvalue weighted by molar-refractivity contribution is -0.132. The standard InChI is InChI=1S/C37H36ClN3O4/c1-6-34(43)39-18-23(19-39)20-40-32-17-31(38)30(29-15-25(42)14-24-10-7-8-11-28(24)29)16-33(32)41(37(45)36(40)44)35-26(21(2)3)12-9-13-27(35)22(4)5/h6-17,21-23,42H,1,18-20H2,2-5H3. The number of amides is 1. The number of nitrogens with zero attached hydrogens (tertiary/aromatic N) is 3. The predicted octanol–water partition coefficient (Wildman–Crippen LogP) is 7.22. The number of para-hydroxylation sites is 1. The Bertz CT molecular complexity index is 2090. The molecule has 0 radical (unpaired) electrons. The molecule has 2 heterocycles. The van der Waals surface area contributed by atoms with Gasteiger partial charge in [0.05, 0.1) is 21.7 Å². The zero-order valence-corrected chi connectivity index (χ0v) is 26.6. The van der Waals surface area contributed by atoms with Crippen molar-refractivity contribution >= 4 is 39.3 Å². The highest BCUT2D eigenvalue weighted by atomic mass is 35.5. The average molecular weight is 622 g/mol. The van der Waals surface area contributed by atoms with E-state index in [1.165, 1.54) is 10.6 Å². The summed E-state index contributed by atoms with van der Waals surface area (Å²) in [7, 11) is 0. The van der Waals surface area contributed by atoms with E-state index in [-0.39, 0.29) is 36.0 Å². The molecule has 0 unspecified atom stereocenters. The third-order valence-electron chi connectivity index (χ3n) is 8.81. The van der Waals surface area contributed by atoms with Crippen LogP contribution in [-0.2, 0) is 11.3 Å². The van der Waals surface area contributed by atoms with Crippen molar-refractivity contribution in [1.82, 2.24) is 14.0 Å². The van der Waals surface area contributed by atoms with Crippen molar-refractivity contribution in [3.8, 4) is 22.6 Å².